The van der Waals surface area contributed by atoms with E-state index < -0.39 is 5.54 Å². The molecule has 0 aliphatic heterocycles. The maximum absolute atomic E-state index is 15.3. The third-order valence-corrected chi connectivity index (χ3v) is 7.70. The van der Waals surface area contributed by atoms with Crippen LogP contribution in [0.5, 0.6) is 0 Å². The highest BCUT2D eigenvalue weighted by Gasteiger charge is 2.40. The molecule has 0 fully saturated rings. The Balaban J connectivity index is 1.72. The molecule has 5 heteroatoms. The molecule has 1 aromatic heterocycles. The minimum Gasteiger partial charge on any atom is -0.371 e. The maximum Gasteiger partial charge on any atom is 0.155 e. The van der Waals surface area contributed by atoms with Gasteiger partial charge in [-0.2, -0.15) is 5.10 Å². The lowest BCUT2D eigenvalue weighted by Crippen LogP contribution is -2.38. The Morgan fingerprint density at radius 2 is 1.28 bits per heavy atom. The van der Waals surface area contributed by atoms with Gasteiger partial charge >= 0.3 is 0 Å². The van der Waals surface area contributed by atoms with Crippen molar-refractivity contribution in [2.24, 2.45) is 0 Å². The number of aromatic nitrogens is 2. The number of fused-ring (bicyclic) bond motifs is 1. The van der Waals surface area contributed by atoms with Crippen LogP contribution in [0.3, 0.4) is 0 Å². The van der Waals surface area contributed by atoms with Crippen molar-refractivity contribution >= 4 is 28.3 Å². The average Bonchev–Trinajstić information content (AvgIpc) is 3.36. The van der Waals surface area contributed by atoms with Crippen molar-refractivity contribution in [3.63, 3.8) is 0 Å². The van der Waals surface area contributed by atoms with Crippen molar-refractivity contribution in [2.45, 2.75) is 12.5 Å². The van der Waals surface area contributed by atoms with Crippen molar-refractivity contribution in [3.8, 4) is 11.1 Å². The van der Waals surface area contributed by atoms with E-state index in [1.54, 1.807) is 19.1 Å². The van der Waals surface area contributed by atoms with E-state index in [-0.39, 0.29) is 5.82 Å². The van der Waals surface area contributed by atoms with Gasteiger partial charge in [0.1, 0.15) is 11.4 Å². The second-order valence-electron chi connectivity index (χ2n) is 9.60. The van der Waals surface area contributed by atoms with Crippen molar-refractivity contribution in [2.75, 3.05) is 12.4 Å². The van der Waals surface area contributed by atoms with Gasteiger partial charge in [-0.05, 0) is 52.9 Å². The molecular weight excluding hydrogens is 505 g/mol. The van der Waals surface area contributed by atoms with E-state index in [0.29, 0.717) is 27.5 Å². The number of hydrogen-bond donors (Lipinski definition) is 1. The van der Waals surface area contributed by atoms with Crippen LogP contribution in [0.4, 0.5) is 10.2 Å². The second-order valence-corrected chi connectivity index (χ2v) is 10.0. The lowest BCUT2D eigenvalue weighted by molar-refractivity contribution is 0.477. The number of benzene rings is 5. The zero-order valence-electron chi connectivity index (χ0n) is 21.7. The standard InChI is InChI=1S/C34H27ClFN3/c1-23-18-20-29(35)31(32(23)36)24-19-21-30-28(22-24)33(37-2)38-39(30)34(25-12-6-3-7-13-25,26-14-8-4-9-15-26)27-16-10-5-11-17-27/h3-22H,1-2H3,(H,37,38). The molecule has 5 aromatic carbocycles. The molecule has 39 heavy (non-hydrogen) atoms. The lowest BCUT2D eigenvalue weighted by atomic mass is 9.77. The van der Waals surface area contributed by atoms with Crippen LogP contribution in [0.15, 0.2) is 121 Å². The quantitative estimate of drug-likeness (QED) is 0.218. The number of hydrogen-bond acceptors (Lipinski definition) is 2. The molecule has 0 atom stereocenters. The number of rotatable bonds is 6. The average molecular weight is 532 g/mol. The molecule has 0 bridgehead atoms. The summed E-state index contributed by atoms with van der Waals surface area (Å²) in [7, 11) is 1.86. The fourth-order valence-corrected chi connectivity index (χ4v) is 5.80. The van der Waals surface area contributed by atoms with E-state index >= 15 is 4.39 Å². The topological polar surface area (TPSA) is 29.9 Å². The van der Waals surface area contributed by atoms with Gasteiger partial charge in [0, 0.05) is 18.0 Å². The number of nitrogens with one attached hydrogen (secondary N) is 1. The molecule has 0 spiro atoms. The lowest BCUT2D eigenvalue weighted by Gasteiger charge is -2.37. The summed E-state index contributed by atoms with van der Waals surface area (Å²) in [5.41, 5.74) is 5.01. The van der Waals surface area contributed by atoms with Gasteiger partial charge in [-0.25, -0.2) is 9.07 Å². The van der Waals surface area contributed by atoms with Crippen LogP contribution < -0.4 is 5.32 Å². The molecule has 3 nitrogen and oxygen atoms in total. The smallest absolute Gasteiger partial charge is 0.155 e. The second kappa shape index (κ2) is 10.0. The number of nitrogens with zero attached hydrogens (tertiary/aromatic N) is 2. The summed E-state index contributed by atoms with van der Waals surface area (Å²) in [5.74, 6) is 0.385. The molecular formula is C34H27ClFN3. The summed E-state index contributed by atoms with van der Waals surface area (Å²) in [6, 6.07) is 40.6. The van der Waals surface area contributed by atoms with E-state index in [1.165, 1.54) is 0 Å². The van der Waals surface area contributed by atoms with Gasteiger partial charge in [0.15, 0.2) is 5.82 Å². The van der Waals surface area contributed by atoms with E-state index in [0.717, 1.165) is 27.6 Å². The van der Waals surface area contributed by atoms with Crippen LogP contribution in [0.2, 0.25) is 5.02 Å². The van der Waals surface area contributed by atoms with Crippen LogP contribution in [0.25, 0.3) is 22.0 Å². The number of anilines is 1. The van der Waals surface area contributed by atoms with Gasteiger partial charge in [-0.1, -0.05) is 115 Å². The molecule has 0 saturated carbocycles. The minimum absolute atomic E-state index is 0.313. The third kappa shape index (κ3) is 4.00. The highest BCUT2D eigenvalue weighted by Crippen LogP contribution is 2.44. The summed E-state index contributed by atoms with van der Waals surface area (Å²) in [4.78, 5) is 0. The first-order valence-electron chi connectivity index (χ1n) is 12.9. The van der Waals surface area contributed by atoms with Crippen LogP contribution in [-0.4, -0.2) is 16.8 Å². The van der Waals surface area contributed by atoms with Crippen molar-refractivity contribution < 1.29 is 4.39 Å². The number of halogens is 2. The summed E-state index contributed by atoms with van der Waals surface area (Å²) in [6.07, 6.45) is 0. The van der Waals surface area contributed by atoms with Gasteiger partial charge in [-0.3, -0.25) is 0 Å². The monoisotopic (exact) mass is 531 g/mol. The van der Waals surface area contributed by atoms with E-state index in [2.05, 4.69) is 82.8 Å². The largest absolute Gasteiger partial charge is 0.371 e. The molecule has 0 unspecified atom stereocenters. The van der Waals surface area contributed by atoms with Gasteiger partial charge < -0.3 is 5.32 Å². The first-order chi connectivity index (χ1) is 19.1. The fourth-order valence-electron chi connectivity index (χ4n) is 5.54. The Morgan fingerprint density at radius 3 is 1.79 bits per heavy atom. The molecule has 0 radical (unpaired) electrons. The molecule has 0 saturated heterocycles. The van der Waals surface area contributed by atoms with Crippen LogP contribution in [0, 0.1) is 12.7 Å². The minimum atomic E-state index is -0.773. The fraction of sp³-hybridized carbons (Fsp3) is 0.0882. The van der Waals surface area contributed by atoms with Crippen molar-refractivity contribution in [3.05, 3.63) is 154 Å². The normalized spacial score (nSPS) is 11.6. The summed E-state index contributed by atoms with van der Waals surface area (Å²) in [6.45, 7) is 1.75. The Hall–Kier alpha value is -4.41. The SMILES string of the molecule is CNc1nn(C(c2ccccc2)(c2ccccc2)c2ccccc2)c2ccc(-c3c(Cl)ccc(C)c3F)cc12. The molecule has 1 heterocycles. The van der Waals surface area contributed by atoms with Crippen molar-refractivity contribution in [1.82, 2.24) is 9.78 Å². The van der Waals surface area contributed by atoms with Gasteiger partial charge in [0.05, 0.1) is 10.5 Å². The van der Waals surface area contributed by atoms with Gasteiger partial charge in [0.2, 0.25) is 0 Å². The Morgan fingerprint density at radius 1 is 0.744 bits per heavy atom. The molecule has 6 aromatic rings. The Labute approximate surface area is 232 Å². The third-order valence-electron chi connectivity index (χ3n) is 7.38. The number of aryl methyl sites for hydroxylation is 1. The predicted octanol–water partition coefficient (Wildman–Crippen LogP) is 8.69. The molecule has 192 valence electrons. The molecule has 0 aliphatic carbocycles. The molecule has 1 N–H and O–H groups in total. The van der Waals surface area contributed by atoms with E-state index in [9.17, 15) is 0 Å². The van der Waals surface area contributed by atoms with Crippen LogP contribution in [-0.2, 0) is 5.54 Å². The first-order valence-corrected chi connectivity index (χ1v) is 13.3. The predicted molar refractivity (Wildman–Crippen MR) is 159 cm³/mol. The Bertz CT molecular complexity index is 1670. The highest BCUT2D eigenvalue weighted by atomic mass is 35.5. The first kappa shape index (κ1) is 24.9. The maximum atomic E-state index is 15.3. The van der Waals surface area contributed by atoms with Crippen LogP contribution in [0.1, 0.15) is 22.3 Å². The highest BCUT2D eigenvalue weighted by molar-refractivity contribution is 6.33. The van der Waals surface area contributed by atoms with Crippen molar-refractivity contribution in [1.29, 1.82) is 0 Å². The molecule has 6 rings (SSSR count). The summed E-state index contributed by atoms with van der Waals surface area (Å²) >= 11 is 6.50. The summed E-state index contributed by atoms with van der Waals surface area (Å²) in [5, 5.41) is 9.71. The van der Waals surface area contributed by atoms with Crippen LogP contribution >= 0.6 is 11.6 Å². The van der Waals surface area contributed by atoms with E-state index in [4.69, 9.17) is 16.7 Å². The Kier molecular flexibility index (Phi) is 6.41. The van der Waals surface area contributed by atoms with E-state index in [1.807, 2.05) is 43.4 Å². The van der Waals surface area contributed by atoms with Gasteiger partial charge in [-0.15, -0.1) is 0 Å². The molecule has 0 amide bonds. The molecule has 0 aliphatic rings. The summed E-state index contributed by atoms with van der Waals surface area (Å²) < 4.78 is 17.4. The zero-order chi connectivity index (χ0) is 27.0. The zero-order valence-corrected chi connectivity index (χ0v) is 22.5. The van der Waals surface area contributed by atoms with Gasteiger partial charge in [0.25, 0.3) is 0 Å².